The van der Waals surface area contributed by atoms with Crippen molar-refractivity contribution >= 4 is 24.0 Å². The molecule has 3 amide bonds. The average Bonchev–Trinajstić information content (AvgIpc) is 2.60. The van der Waals surface area contributed by atoms with Crippen molar-refractivity contribution in [2.75, 3.05) is 6.54 Å². The summed E-state index contributed by atoms with van der Waals surface area (Å²) in [6.45, 7) is 18.0. The van der Waals surface area contributed by atoms with Gasteiger partial charge < -0.3 is 20.3 Å². The van der Waals surface area contributed by atoms with E-state index in [1.807, 2.05) is 58.9 Å². The summed E-state index contributed by atoms with van der Waals surface area (Å²) in [4.78, 5) is 39.9. The average molecular weight is 432 g/mol. The van der Waals surface area contributed by atoms with Crippen molar-refractivity contribution in [2.45, 2.75) is 78.6 Å². The molecule has 0 spiro atoms. The molecular weight excluding hydrogens is 394 g/mol. The summed E-state index contributed by atoms with van der Waals surface area (Å²) in [5.74, 6) is -0.688. The van der Waals surface area contributed by atoms with Gasteiger partial charge in [0.1, 0.15) is 18.2 Å². The van der Waals surface area contributed by atoms with Crippen molar-refractivity contribution < 1.29 is 19.1 Å². The van der Waals surface area contributed by atoms with E-state index in [-0.39, 0.29) is 24.4 Å². The fraction of sp³-hybridized carbons (Fsp3) is 0.542. The van der Waals surface area contributed by atoms with Gasteiger partial charge in [-0.3, -0.25) is 9.59 Å². The number of hydrogen-bond acceptors (Lipinski definition) is 4. The number of nitrogens with one attached hydrogen (secondary N) is 2. The lowest BCUT2D eigenvalue weighted by atomic mass is 9.98. The van der Waals surface area contributed by atoms with Gasteiger partial charge in [0.2, 0.25) is 11.8 Å². The molecule has 2 N–H and O–H groups in total. The molecule has 0 heterocycles. The molecule has 0 fully saturated rings. The van der Waals surface area contributed by atoms with Crippen LogP contribution in [-0.2, 0) is 14.3 Å². The first kappa shape index (κ1) is 26.2. The number of rotatable bonds is 7. The van der Waals surface area contributed by atoms with Gasteiger partial charge in [-0.15, -0.1) is 0 Å². The lowest BCUT2D eigenvalue weighted by molar-refractivity contribution is -0.142. The molecule has 1 aromatic rings. The Kier molecular flexibility index (Phi) is 8.85. The van der Waals surface area contributed by atoms with E-state index in [1.165, 1.54) is 4.90 Å². The first-order chi connectivity index (χ1) is 14.1. The smallest absolute Gasteiger partial charge is 0.408 e. The highest BCUT2D eigenvalue weighted by Crippen LogP contribution is 2.26. The summed E-state index contributed by atoms with van der Waals surface area (Å²) >= 11 is 0. The van der Waals surface area contributed by atoms with E-state index in [4.69, 9.17) is 4.74 Å². The maximum absolute atomic E-state index is 13.3. The maximum atomic E-state index is 13.3. The minimum absolute atomic E-state index is 0.284. The molecule has 0 saturated heterocycles. The van der Waals surface area contributed by atoms with E-state index < -0.39 is 23.3 Å². The number of ether oxygens (including phenoxy) is 1. The minimum atomic E-state index is -0.868. The van der Waals surface area contributed by atoms with E-state index in [9.17, 15) is 14.4 Å². The van der Waals surface area contributed by atoms with Crippen molar-refractivity contribution in [2.24, 2.45) is 0 Å². The fourth-order valence-corrected chi connectivity index (χ4v) is 3.02. The standard InChI is InChI=1S/C24H37N3O4/c1-10-17-12-11-13-18(14-17)20(21(29)26-23(4,5)6)27(16(2)3)19(28)15-25-22(30)31-24(7,8)9/h10-14,16,20H,1,15H2,2-9H3,(H,25,30)(H,26,29). The van der Waals surface area contributed by atoms with E-state index in [2.05, 4.69) is 17.2 Å². The van der Waals surface area contributed by atoms with Gasteiger partial charge in [-0.1, -0.05) is 30.9 Å². The Labute approximate surface area is 186 Å². The second kappa shape index (κ2) is 10.5. The molecular formula is C24H37N3O4. The third-order valence-corrected chi connectivity index (χ3v) is 4.11. The second-order valence-corrected chi connectivity index (χ2v) is 9.77. The Morgan fingerprint density at radius 3 is 2.23 bits per heavy atom. The number of alkyl carbamates (subject to hydrolysis) is 1. The summed E-state index contributed by atoms with van der Waals surface area (Å²) in [6.07, 6.45) is 1.00. The Bertz CT molecular complexity index is 804. The first-order valence-corrected chi connectivity index (χ1v) is 10.5. The topological polar surface area (TPSA) is 87.7 Å². The zero-order valence-corrected chi connectivity index (χ0v) is 20.0. The summed E-state index contributed by atoms with van der Waals surface area (Å²) < 4.78 is 5.21. The summed E-state index contributed by atoms with van der Waals surface area (Å²) in [5, 5.41) is 5.46. The van der Waals surface area contributed by atoms with Crippen molar-refractivity contribution in [3.05, 3.63) is 42.0 Å². The van der Waals surface area contributed by atoms with Gasteiger partial charge in [-0.2, -0.15) is 0 Å². The van der Waals surface area contributed by atoms with Crippen molar-refractivity contribution in [1.82, 2.24) is 15.5 Å². The van der Waals surface area contributed by atoms with Crippen LogP contribution in [0.15, 0.2) is 30.8 Å². The third-order valence-electron chi connectivity index (χ3n) is 4.11. The molecule has 0 saturated carbocycles. The van der Waals surface area contributed by atoms with Gasteiger partial charge in [-0.05, 0) is 72.6 Å². The molecule has 7 nitrogen and oxygen atoms in total. The van der Waals surface area contributed by atoms with Crippen LogP contribution in [0.5, 0.6) is 0 Å². The second-order valence-electron chi connectivity index (χ2n) is 9.77. The monoisotopic (exact) mass is 431 g/mol. The lowest BCUT2D eigenvalue weighted by Gasteiger charge is -2.36. The van der Waals surface area contributed by atoms with Gasteiger partial charge >= 0.3 is 6.09 Å². The van der Waals surface area contributed by atoms with Crippen LogP contribution >= 0.6 is 0 Å². The minimum Gasteiger partial charge on any atom is -0.444 e. The van der Waals surface area contributed by atoms with Crippen LogP contribution < -0.4 is 10.6 Å². The Hall–Kier alpha value is -2.83. The van der Waals surface area contributed by atoms with Gasteiger partial charge in [0.05, 0.1) is 0 Å². The predicted molar refractivity (Wildman–Crippen MR) is 123 cm³/mol. The number of amides is 3. The molecule has 0 bridgehead atoms. The van der Waals surface area contributed by atoms with E-state index >= 15 is 0 Å². The van der Waals surface area contributed by atoms with Gasteiger partial charge in [0.15, 0.2) is 0 Å². The lowest BCUT2D eigenvalue weighted by Crippen LogP contribution is -2.53. The highest BCUT2D eigenvalue weighted by Gasteiger charge is 2.35. The molecule has 0 aliphatic carbocycles. The Morgan fingerprint density at radius 1 is 1.13 bits per heavy atom. The highest BCUT2D eigenvalue weighted by atomic mass is 16.6. The molecule has 172 valence electrons. The zero-order chi connectivity index (χ0) is 24.0. The molecule has 0 aliphatic rings. The van der Waals surface area contributed by atoms with Crippen LogP contribution in [0.2, 0.25) is 0 Å². The molecule has 31 heavy (non-hydrogen) atoms. The van der Waals surface area contributed by atoms with Crippen LogP contribution in [0.1, 0.15) is 72.6 Å². The zero-order valence-electron chi connectivity index (χ0n) is 20.0. The Morgan fingerprint density at radius 2 is 1.74 bits per heavy atom. The SMILES string of the molecule is C=Cc1cccc(C(C(=O)NC(C)(C)C)N(C(=O)CNC(=O)OC(C)(C)C)C(C)C)c1. The number of carbonyl (C=O) groups is 3. The van der Waals surface area contributed by atoms with Gasteiger partial charge in [0, 0.05) is 11.6 Å². The van der Waals surface area contributed by atoms with Crippen LogP contribution in [0, 0.1) is 0 Å². The van der Waals surface area contributed by atoms with E-state index in [1.54, 1.807) is 26.8 Å². The van der Waals surface area contributed by atoms with Crippen molar-refractivity contribution in [3.8, 4) is 0 Å². The number of benzene rings is 1. The van der Waals surface area contributed by atoms with Crippen LogP contribution in [0.25, 0.3) is 6.08 Å². The highest BCUT2D eigenvalue weighted by molar-refractivity contribution is 5.91. The normalized spacial score (nSPS) is 12.7. The summed E-state index contributed by atoms with van der Waals surface area (Å²) in [5.41, 5.74) is 0.351. The molecule has 1 rings (SSSR count). The molecule has 1 atom stereocenters. The number of nitrogens with zero attached hydrogens (tertiary/aromatic N) is 1. The van der Waals surface area contributed by atoms with E-state index in [0.717, 1.165) is 5.56 Å². The number of hydrogen-bond donors (Lipinski definition) is 2. The van der Waals surface area contributed by atoms with Crippen molar-refractivity contribution in [1.29, 1.82) is 0 Å². The summed E-state index contributed by atoms with van der Waals surface area (Å²) in [6, 6.07) is 6.18. The Balaban J connectivity index is 3.26. The van der Waals surface area contributed by atoms with Gasteiger partial charge in [-0.25, -0.2) is 4.79 Å². The maximum Gasteiger partial charge on any atom is 0.408 e. The molecule has 7 heteroatoms. The van der Waals surface area contributed by atoms with E-state index in [0.29, 0.717) is 5.56 Å². The van der Waals surface area contributed by atoms with Gasteiger partial charge in [0.25, 0.3) is 0 Å². The van der Waals surface area contributed by atoms with Crippen LogP contribution in [-0.4, -0.2) is 46.5 Å². The fourth-order valence-electron chi connectivity index (χ4n) is 3.02. The van der Waals surface area contributed by atoms with Crippen LogP contribution in [0.4, 0.5) is 4.79 Å². The quantitative estimate of drug-likeness (QED) is 0.682. The summed E-state index contributed by atoms with van der Waals surface area (Å²) in [7, 11) is 0. The molecule has 1 aromatic carbocycles. The molecule has 1 unspecified atom stereocenters. The number of carbonyl (C=O) groups excluding carboxylic acids is 3. The molecule has 0 aromatic heterocycles. The van der Waals surface area contributed by atoms with Crippen molar-refractivity contribution in [3.63, 3.8) is 0 Å². The molecule has 0 radical (unpaired) electrons. The first-order valence-electron chi connectivity index (χ1n) is 10.5. The van der Waals surface area contributed by atoms with Crippen LogP contribution in [0.3, 0.4) is 0 Å². The predicted octanol–water partition coefficient (Wildman–Crippen LogP) is 4.05. The largest absolute Gasteiger partial charge is 0.444 e. The molecule has 0 aliphatic heterocycles. The third kappa shape index (κ3) is 8.82.